The Kier molecular flexibility index (Phi) is 4.94. The minimum atomic E-state index is -0.517. The van der Waals surface area contributed by atoms with Gasteiger partial charge >= 0.3 is 5.69 Å². The minimum Gasteiger partial charge on any atom is -0.273 e. The molecule has 0 spiro atoms. The van der Waals surface area contributed by atoms with Gasteiger partial charge in [0.15, 0.2) is 6.23 Å². The van der Waals surface area contributed by atoms with Crippen molar-refractivity contribution in [1.82, 2.24) is 14.6 Å². The van der Waals surface area contributed by atoms with Crippen molar-refractivity contribution in [1.29, 1.82) is 0 Å². The van der Waals surface area contributed by atoms with Gasteiger partial charge in [-0.05, 0) is 17.7 Å². The van der Waals surface area contributed by atoms with Gasteiger partial charge in [0, 0.05) is 25.2 Å². The molecule has 1 aliphatic heterocycles. The van der Waals surface area contributed by atoms with E-state index < -0.39 is 17.5 Å². The highest BCUT2D eigenvalue weighted by molar-refractivity contribution is 5.40. The van der Waals surface area contributed by atoms with Gasteiger partial charge < -0.3 is 0 Å². The lowest BCUT2D eigenvalue weighted by atomic mass is 10.0. The number of hydrogen-bond acceptors (Lipinski definition) is 4. The van der Waals surface area contributed by atoms with Crippen LogP contribution in [0.5, 0.6) is 0 Å². The zero-order chi connectivity index (χ0) is 19.5. The van der Waals surface area contributed by atoms with Crippen molar-refractivity contribution >= 4 is 0 Å². The van der Waals surface area contributed by atoms with E-state index in [9.17, 15) is 9.59 Å². The fraction of sp³-hybridized carbons (Fsp3) is 0.182. The minimum absolute atomic E-state index is 0.0175. The zero-order valence-electron chi connectivity index (χ0n) is 15.3. The molecule has 140 valence electrons. The Labute approximate surface area is 162 Å². The van der Waals surface area contributed by atoms with E-state index in [1.807, 2.05) is 67.7 Å². The molecule has 1 fully saturated rings. The van der Waals surface area contributed by atoms with Crippen LogP contribution in [0.1, 0.15) is 35.4 Å². The molecule has 6 nitrogen and oxygen atoms in total. The molecule has 0 saturated carbocycles. The van der Waals surface area contributed by atoms with Crippen molar-refractivity contribution in [2.45, 2.75) is 18.7 Å². The lowest BCUT2D eigenvalue weighted by molar-refractivity contribution is -0.167. The Morgan fingerprint density at radius 3 is 2.39 bits per heavy atom. The van der Waals surface area contributed by atoms with Crippen LogP contribution in [0.25, 0.3) is 0 Å². The zero-order valence-corrected chi connectivity index (χ0v) is 15.3. The molecule has 1 N–H and O–H groups in total. The molecule has 0 unspecified atom stereocenters. The third-order valence-corrected chi connectivity index (χ3v) is 4.73. The Morgan fingerprint density at radius 1 is 1.00 bits per heavy atom. The molecule has 1 aliphatic rings. The summed E-state index contributed by atoms with van der Waals surface area (Å²) < 4.78 is 1.40. The Bertz CT molecular complexity index is 1140. The topological polar surface area (TPSA) is 67.3 Å². The SMILES string of the molecule is CN1O[C@H](n2cc(C#Cc3ccccc3)c(=O)[nH]c2=O)C[C@@H]1c1ccccc1. The van der Waals surface area contributed by atoms with E-state index in [0.29, 0.717) is 6.42 Å². The van der Waals surface area contributed by atoms with Crippen LogP contribution < -0.4 is 11.2 Å². The molecule has 2 atom stereocenters. The van der Waals surface area contributed by atoms with Crippen LogP contribution in [0.15, 0.2) is 76.4 Å². The van der Waals surface area contributed by atoms with Crippen LogP contribution in [0, 0.1) is 11.8 Å². The molecule has 0 amide bonds. The standard InChI is InChI=1S/C22H19N3O3/c1-24-19(17-10-6-3-7-11-17)14-20(28-24)25-15-18(21(26)23-22(25)27)13-12-16-8-4-2-5-9-16/h2-11,15,19-20H,14H2,1H3,(H,23,26,27)/t19-,20+/m1/s1. The predicted octanol–water partition coefficient (Wildman–Crippen LogP) is 2.44. The largest absolute Gasteiger partial charge is 0.330 e. The highest BCUT2D eigenvalue weighted by Crippen LogP contribution is 2.37. The quantitative estimate of drug-likeness (QED) is 0.701. The predicted molar refractivity (Wildman–Crippen MR) is 105 cm³/mol. The van der Waals surface area contributed by atoms with Crippen LogP contribution in [0.2, 0.25) is 0 Å². The highest BCUT2D eigenvalue weighted by Gasteiger charge is 2.33. The van der Waals surface area contributed by atoms with Gasteiger partial charge in [0.05, 0.1) is 6.04 Å². The van der Waals surface area contributed by atoms with Crippen molar-refractivity contribution < 1.29 is 4.84 Å². The van der Waals surface area contributed by atoms with E-state index in [2.05, 4.69) is 16.8 Å². The molecular weight excluding hydrogens is 354 g/mol. The summed E-state index contributed by atoms with van der Waals surface area (Å²) in [6.07, 6.45) is 1.54. The summed E-state index contributed by atoms with van der Waals surface area (Å²) in [6.45, 7) is 0. The second-order valence-electron chi connectivity index (χ2n) is 6.59. The Hall–Kier alpha value is -3.40. The Balaban J connectivity index is 1.65. The molecule has 0 aliphatic carbocycles. The first-order valence-corrected chi connectivity index (χ1v) is 8.99. The summed E-state index contributed by atoms with van der Waals surface area (Å²) in [4.78, 5) is 32.7. The van der Waals surface area contributed by atoms with Gasteiger partial charge in [0.25, 0.3) is 5.56 Å². The lowest BCUT2D eigenvalue weighted by Crippen LogP contribution is -2.33. The third-order valence-electron chi connectivity index (χ3n) is 4.73. The maximum atomic E-state index is 12.4. The summed E-state index contributed by atoms with van der Waals surface area (Å²) in [5, 5.41) is 1.74. The third kappa shape index (κ3) is 3.67. The van der Waals surface area contributed by atoms with Crippen molar-refractivity contribution in [2.75, 3.05) is 7.05 Å². The van der Waals surface area contributed by atoms with Gasteiger partial charge in [-0.25, -0.2) is 4.79 Å². The highest BCUT2D eigenvalue weighted by atomic mass is 16.7. The average Bonchev–Trinajstić information content (AvgIpc) is 3.10. The second kappa shape index (κ2) is 7.69. The molecule has 3 aromatic rings. The number of nitrogens with zero attached hydrogens (tertiary/aromatic N) is 2. The molecule has 2 aromatic carbocycles. The molecule has 0 radical (unpaired) electrons. The molecule has 28 heavy (non-hydrogen) atoms. The molecule has 2 heterocycles. The van der Waals surface area contributed by atoms with E-state index >= 15 is 0 Å². The van der Waals surface area contributed by atoms with Crippen LogP contribution >= 0.6 is 0 Å². The van der Waals surface area contributed by atoms with Crippen LogP contribution in [-0.2, 0) is 4.84 Å². The monoisotopic (exact) mass is 373 g/mol. The van der Waals surface area contributed by atoms with Crippen LogP contribution in [-0.4, -0.2) is 21.7 Å². The first kappa shape index (κ1) is 18.0. The fourth-order valence-corrected chi connectivity index (χ4v) is 3.28. The number of H-pyrrole nitrogens is 1. The van der Waals surface area contributed by atoms with E-state index in [1.54, 1.807) is 5.06 Å². The number of hydrogen-bond donors (Lipinski definition) is 1. The van der Waals surface area contributed by atoms with Crippen LogP contribution in [0.3, 0.4) is 0 Å². The van der Waals surface area contributed by atoms with Crippen molar-refractivity contribution in [3.8, 4) is 11.8 Å². The van der Waals surface area contributed by atoms with Crippen molar-refractivity contribution in [2.24, 2.45) is 0 Å². The molecule has 0 bridgehead atoms. The second-order valence-corrected chi connectivity index (χ2v) is 6.59. The number of rotatable bonds is 2. The van der Waals surface area contributed by atoms with E-state index in [0.717, 1.165) is 11.1 Å². The van der Waals surface area contributed by atoms with Crippen LogP contribution in [0.4, 0.5) is 0 Å². The maximum absolute atomic E-state index is 12.4. The first-order valence-electron chi connectivity index (χ1n) is 8.99. The summed E-state index contributed by atoms with van der Waals surface area (Å²) in [6, 6.07) is 19.3. The Morgan fingerprint density at radius 2 is 1.68 bits per heavy atom. The molecule has 6 heteroatoms. The molecule has 1 aromatic heterocycles. The summed E-state index contributed by atoms with van der Waals surface area (Å²) in [7, 11) is 1.84. The smallest absolute Gasteiger partial charge is 0.273 e. The van der Waals surface area contributed by atoms with E-state index in [1.165, 1.54) is 10.8 Å². The maximum Gasteiger partial charge on any atom is 0.330 e. The van der Waals surface area contributed by atoms with Gasteiger partial charge in [0.2, 0.25) is 0 Å². The average molecular weight is 373 g/mol. The van der Waals surface area contributed by atoms with Gasteiger partial charge in [-0.2, -0.15) is 5.06 Å². The van der Waals surface area contributed by atoms with Gasteiger partial charge in [-0.1, -0.05) is 60.4 Å². The number of hydroxylamine groups is 2. The molecule has 1 saturated heterocycles. The van der Waals surface area contributed by atoms with Gasteiger partial charge in [0.1, 0.15) is 5.56 Å². The molecular formula is C22H19N3O3. The summed E-state index contributed by atoms with van der Waals surface area (Å²) in [5.41, 5.74) is 1.10. The van der Waals surface area contributed by atoms with Gasteiger partial charge in [-0.15, -0.1) is 0 Å². The lowest BCUT2D eigenvalue weighted by Gasteiger charge is -2.17. The number of nitrogens with one attached hydrogen (secondary N) is 1. The normalized spacial score (nSPS) is 19.2. The first-order chi connectivity index (χ1) is 13.6. The van der Waals surface area contributed by atoms with Crippen molar-refractivity contribution in [3.05, 3.63) is 104 Å². The van der Waals surface area contributed by atoms with Crippen molar-refractivity contribution in [3.63, 3.8) is 0 Å². The van der Waals surface area contributed by atoms with Gasteiger partial charge in [-0.3, -0.25) is 19.2 Å². The molecule has 4 rings (SSSR count). The van der Waals surface area contributed by atoms with E-state index in [-0.39, 0.29) is 11.6 Å². The fourth-order valence-electron chi connectivity index (χ4n) is 3.28. The number of aromatic amines is 1. The van der Waals surface area contributed by atoms with E-state index in [4.69, 9.17) is 4.84 Å². The summed E-state index contributed by atoms with van der Waals surface area (Å²) in [5.74, 6) is 5.80. The number of aromatic nitrogens is 2. The number of benzene rings is 2. The summed E-state index contributed by atoms with van der Waals surface area (Å²) >= 11 is 0.